The van der Waals surface area contributed by atoms with Gasteiger partial charge in [0.1, 0.15) is 11.5 Å². The zero-order valence-corrected chi connectivity index (χ0v) is 18.0. The Balaban J connectivity index is 1.18. The number of nitrogens with zero attached hydrogens (tertiary/aromatic N) is 6. The van der Waals surface area contributed by atoms with Crippen molar-refractivity contribution in [3.63, 3.8) is 0 Å². The quantitative estimate of drug-likeness (QED) is 0.500. The van der Waals surface area contributed by atoms with E-state index >= 15 is 0 Å². The van der Waals surface area contributed by atoms with Gasteiger partial charge in [-0.1, -0.05) is 18.2 Å². The van der Waals surface area contributed by atoms with Crippen molar-refractivity contribution in [2.75, 3.05) is 24.5 Å². The molecule has 1 aromatic carbocycles. The zero-order valence-electron chi connectivity index (χ0n) is 18.0. The normalized spacial score (nSPS) is 18.7. The molecule has 6 rings (SSSR count). The summed E-state index contributed by atoms with van der Waals surface area (Å²) in [4.78, 5) is 31.8. The molecule has 0 aliphatic carbocycles. The first-order valence-electron chi connectivity index (χ1n) is 11.4. The summed E-state index contributed by atoms with van der Waals surface area (Å²) in [6.45, 7) is 3.11. The van der Waals surface area contributed by atoms with Crippen LogP contribution in [-0.4, -0.2) is 49.8 Å². The van der Waals surface area contributed by atoms with Crippen LogP contribution in [0, 0.1) is 5.41 Å². The second kappa shape index (κ2) is 7.58. The number of rotatable bonds is 3. The van der Waals surface area contributed by atoms with Crippen LogP contribution in [0.15, 0.2) is 61.1 Å². The number of pyridine rings is 1. The van der Waals surface area contributed by atoms with Crippen LogP contribution in [0.4, 0.5) is 5.82 Å². The average Bonchev–Trinajstić information content (AvgIpc) is 3.25. The molecule has 0 atom stereocenters. The molecule has 0 N–H and O–H groups in total. The van der Waals surface area contributed by atoms with Gasteiger partial charge in [0.25, 0.3) is 0 Å². The molecular formula is C25H26N6O. The third-order valence-corrected chi connectivity index (χ3v) is 7.15. The largest absolute Gasteiger partial charge is 0.355 e. The molecule has 2 aliphatic rings. The molecule has 2 fully saturated rings. The highest BCUT2D eigenvalue weighted by Crippen LogP contribution is 2.42. The number of benzene rings is 1. The molecule has 162 valence electrons. The van der Waals surface area contributed by atoms with E-state index in [1.165, 1.54) is 0 Å². The molecule has 4 aromatic rings. The van der Waals surface area contributed by atoms with Crippen molar-refractivity contribution in [1.82, 2.24) is 24.3 Å². The Kier molecular flexibility index (Phi) is 4.56. The lowest BCUT2D eigenvalue weighted by atomic mass is 9.71. The molecule has 5 heterocycles. The summed E-state index contributed by atoms with van der Waals surface area (Å²) in [6, 6.07) is 13.9. The van der Waals surface area contributed by atoms with Crippen LogP contribution in [0.1, 0.15) is 31.4 Å². The van der Waals surface area contributed by atoms with Gasteiger partial charge in [0.15, 0.2) is 0 Å². The number of carbonyl (C=O) groups is 1. The van der Waals surface area contributed by atoms with E-state index in [9.17, 15) is 4.79 Å². The van der Waals surface area contributed by atoms with E-state index in [-0.39, 0.29) is 5.41 Å². The van der Waals surface area contributed by atoms with Crippen LogP contribution in [0.5, 0.6) is 0 Å². The van der Waals surface area contributed by atoms with Crippen molar-refractivity contribution < 1.29 is 4.79 Å². The van der Waals surface area contributed by atoms with Gasteiger partial charge in [0.2, 0.25) is 5.91 Å². The molecule has 2 saturated heterocycles. The SMILES string of the molecule is O=C1N(Cc2cnc3ccccn23)CCCC12CCN(c1cnc3ccccc3n1)CC2. The summed E-state index contributed by atoms with van der Waals surface area (Å²) in [7, 11) is 0. The molecule has 0 bridgehead atoms. The van der Waals surface area contributed by atoms with Gasteiger partial charge in [-0.3, -0.25) is 9.78 Å². The fourth-order valence-corrected chi connectivity index (χ4v) is 5.33. The van der Waals surface area contributed by atoms with Gasteiger partial charge in [0, 0.05) is 25.8 Å². The highest BCUT2D eigenvalue weighted by Gasteiger charge is 2.45. The Labute approximate surface area is 186 Å². The summed E-state index contributed by atoms with van der Waals surface area (Å²) in [6.07, 6.45) is 9.54. The fourth-order valence-electron chi connectivity index (χ4n) is 5.33. The van der Waals surface area contributed by atoms with E-state index in [0.717, 1.165) is 73.5 Å². The van der Waals surface area contributed by atoms with Crippen LogP contribution in [-0.2, 0) is 11.3 Å². The lowest BCUT2D eigenvalue weighted by Gasteiger charge is -2.46. The van der Waals surface area contributed by atoms with Crippen molar-refractivity contribution in [2.45, 2.75) is 32.2 Å². The number of anilines is 1. The van der Waals surface area contributed by atoms with E-state index in [0.29, 0.717) is 12.5 Å². The fraction of sp³-hybridized carbons (Fsp3) is 0.360. The Morgan fingerprint density at radius 1 is 0.875 bits per heavy atom. The molecule has 0 saturated carbocycles. The zero-order chi connectivity index (χ0) is 21.5. The minimum absolute atomic E-state index is 0.250. The number of hydrogen-bond acceptors (Lipinski definition) is 5. The lowest BCUT2D eigenvalue weighted by molar-refractivity contribution is -0.148. The van der Waals surface area contributed by atoms with E-state index in [4.69, 9.17) is 4.98 Å². The van der Waals surface area contributed by atoms with Gasteiger partial charge in [0.05, 0.1) is 41.1 Å². The summed E-state index contributed by atoms with van der Waals surface area (Å²) < 4.78 is 2.08. The lowest BCUT2D eigenvalue weighted by Crippen LogP contribution is -2.53. The first kappa shape index (κ1) is 19.2. The standard InChI is InChI=1S/C25H26N6O/c32-24-25(9-5-12-30(24)18-19-16-27-22-8-3-4-13-31(19)22)10-14-29(15-11-25)23-17-26-20-6-1-2-7-21(20)28-23/h1-4,6-8,13,16-17H,5,9-12,14-15,18H2. The van der Waals surface area contributed by atoms with Crippen molar-refractivity contribution >= 4 is 28.4 Å². The van der Waals surface area contributed by atoms with Crippen molar-refractivity contribution in [3.05, 3.63) is 66.7 Å². The maximum Gasteiger partial charge on any atom is 0.229 e. The molecule has 32 heavy (non-hydrogen) atoms. The second-order valence-corrected chi connectivity index (χ2v) is 8.99. The Morgan fingerprint density at radius 3 is 2.56 bits per heavy atom. The van der Waals surface area contributed by atoms with Gasteiger partial charge in [-0.05, 0) is 49.9 Å². The van der Waals surface area contributed by atoms with E-state index in [1.807, 2.05) is 66.0 Å². The third kappa shape index (κ3) is 3.20. The maximum absolute atomic E-state index is 13.6. The molecule has 0 unspecified atom stereocenters. The first-order chi connectivity index (χ1) is 15.7. The summed E-state index contributed by atoms with van der Waals surface area (Å²) in [5.41, 5.74) is 3.56. The minimum Gasteiger partial charge on any atom is -0.355 e. The second-order valence-electron chi connectivity index (χ2n) is 8.99. The first-order valence-corrected chi connectivity index (χ1v) is 11.4. The van der Waals surface area contributed by atoms with E-state index in [1.54, 1.807) is 0 Å². The number of carbonyl (C=O) groups excluding carboxylic acids is 1. The Morgan fingerprint density at radius 2 is 1.69 bits per heavy atom. The van der Waals surface area contributed by atoms with E-state index < -0.39 is 0 Å². The summed E-state index contributed by atoms with van der Waals surface area (Å²) in [5.74, 6) is 1.21. The van der Waals surface area contributed by atoms with Crippen LogP contribution in [0.2, 0.25) is 0 Å². The van der Waals surface area contributed by atoms with Crippen molar-refractivity contribution in [3.8, 4) is 0 Å². The molecule has 3 aromatic heterocycles. The third-order valence-electron chi connectivity index (χ3n) is 7.15. The number of hydrogen-bond donors (Lipinski definition) is 0. The van der Waals surface area contributed by atoms with E-state index in [2.05, 4.69) is 19.3 Å². The van der Waals surface area contributed by atoms with Crippen molar-refractivity contribution in [1.29, 1.82) is 0 Å². The number of para-hydroxylation sites is 2. The van der Waals surface area contributed by atoms with Gasteiger partial charge in [-0.25, -0.2) is 9.97 Å². The molecular weight excluding hydrogens is 400 g/mol. The molecule has 7 heteroatoms. The average molecular weight is 427 g/mol. The summed E-state index contributed by atoms with van der Waals surface area (Å²) >= 11 is 0. The Bertz CT molecular complexity index is 1290. The van der Waals surface area contributed by atoms with Gasteiger partial charge in [-0.15, -0.1) is 0 Å². The van der Waals surface area contributed by atoms with Crippen LogP contribution in [0.25, 0.3) is 16.7 Å². The molecule has 1 spiro atoms. The topological polar surface area (TPSA) is 66.6 Å². The number of amides is 1. The minimum atomic E-state index is -0.250. The molecule has 1 amide bonds. The molecule has 0 radical (unpaired) electrons. The smallest absolute Gasteiger partial charge is 0.229 e. The van der Waals surface area contributed by atoms with Gasteiger partial charge in [-0.2, -0.15) is 0 Å². The number of likely N-dealkylation sites (tertiary alicyclic amines) is 1. The summed E-state index contributed by atoms with van der Waals surface area (Å²) in [5, 5.41) is 0. The number of aromatic nitrogens is 4. The molecule has 2 aliphatic heterocycles. The van der Waals surface area contributed by atoms with Crippen molar-refractivity contribution in [2.24, 2.45) is 5.41 Å². The number of imidazole rings is 1. The maximum atomic E-state index is 13.6. The van der Waals surface area contributed by atoms with Crippen LogP contribution in [0.3, 0.4) is 0 Å². The molecule has 7 nitrogen and oxygen atoms in total. The predicted molar refractivity (Wildman–Crippen MR) is 123 cm³/mol. The number of fused-ring (bicyclic) bond motifs is 2. The highest BCUT2D eigenvalue weighted by molar-refractivity contribution is 5.84. The highest BCUT2D eigenvalue weighted by atomic mass is 16.2. The van der Waals surface area contributed by atoms with Crippen LogP contribution >= 0.6 is 0 Å². The Hall–Kier alpha value is -3.48. The predicted octanol–water partition coefficient (Wildman–Crippen LogP) is 3.69. The van der Waals surface area contributed by atoms with Gasteiger partial charge < -0.3 is 14.2 Å². The monoisotopic (exact) mass is 426 g/mol. The van der Waals surface area contributed by atoms with Crippen LogP contribution < -0.4 is 4.90 Å². The number of piperidine rings is 2. The van der Waals surface area contributed by atoms with Gasteiger partial charge >= 0.3 is 0 Å².